The van der Waals surface area contributed by atoms with Gasteiger partial charge in [-0.1, -0.05) is 18.2 Å². The van der Waals surface area contributed by atoms with Crippen LogP contribution in [0.25, 0.3) is 0 Å². The molecule has 0 spiro atoms. The average Bonchev–Trinajstić information content (AvgIpc) is 1.89. The van der Waals surface area contributed by atoms with Gasteiger partial charge in [0.15, 0.2) is 0 Å². The van der Waals surface area contributed by atoms with Crippen molar-refractivity contribution in [3.05, 3.63) is 37.1 Å². The summed E-state index contributed by atoms with van der Waals surface area (Å²) in [5, 5.41) is 0. The van der Waals surface area contributed by atoms with Crippen LogP contribution in [0, 0.1) is 0 Å². The van der Waals surface area contributed by atoms with Crippen LogP contribution in [0.15, 0.2) is 37.1 Å². The molecule has 1 aliphatic rings. The molecule has 0 aliphatic carbocycles. The van der Waals surface area contributed by atoms with Crippen molar-refractivity contribution in [2.24, 2.45) is 0 Å². The highest BCUT2D eigenvalue weighted by molar-refractivity contribution is 5.16. The molecule has 1 nitrogen and oxygen atoms in total. The van der Waals surface area contributed by atoms with Crippen LogP contribution in [0.1, 0.15) is 0 Å². The largest absolute Gasteiger partial charge is 0.371 e. The lowest BCUT2D eigenvalue weighted by molar-refractivity contribution is 0.434. The van der Waals surface area contributed by atoms with E-state index >= 15 is 0 Å². The van der Waals surface area contributed by atoms with Crippen LogP contribution in [0.3, 0.4) is 0 Å². The van der Waals surface area contributed by atoms with E-state index < -0.39 is 0 Å². The molecule has 0 aromatic heterocycles. The Morgan fingerprint density at radius 1 is 1.56 bits per heavy atom. The van der Waals surface area contributed by atoms with Crippen LogP contribution in [0.2, 0.25) is 0 Å². The van der Waals surface area contributed by atoms with E-state index in [2.05, 4.69) is 17.6 Å². The van der Waals surface area contributed by atoms with Gasteiger partial charge in [-0.2, -0.15) is 0 Å². The molecule has 0 fully saturated rings. The second-order valence-corrected chi connectivity index (χ2v) is 2.12. The molecule has 1 rings (SSSR count). The second kappa shape index (κ2) is 2.53. The topological polar surface area (TPSA) is 3.24 Å². The Balaban J connectivity index is 2.65. The number of rotatable bonds is 1. The predicted octanol–water partition coefficient (Wildman–Crippen LogP) is 1.56. The van der Waals surface area contributed by atoms with Gasteiger partial charge in [0.2, 0.25) is 0 Å². The molecule has 9 heavy (non-hydrogen) atoms. The van der Waals surface area contributed by atoms with Gasteiger partial charge in [-0.25, -0.2) is 0 Å². The first-order chi connectivity index (χ1) is 4.34. The molecule has 0 aromatic carbocycles. The van der Waals surface area contributed by atoms with E-state index in [0.29, 0.717) is 6.04 Å². The van der Waals surface area contributed by atoms with E-state index in [4.69, 9.17) is 0 Å². The molecule has 48 valence electrons. The summed E-state index contributed by atoms with van der Waals surface area (Å²) in [6.07, 6.45) is 10.1. The average molecular weight is 121 g/mol. The molecule has 0 saturated carbocycles. The normalized spacial score (nSPS) is 24.6. The molecule has 0 saturated heterocycles. The summed E-state index contributed by atoms with van der Waals surface area (Å²) in [4.78, 5) is 2.10. The monoisotopic (exact) mass is 121 g/mol. The standard InChI is InChI=1S/C8H11N/c1-3-8-6-4-5-7-9(8)2/h3-8H,1H2,2H3. The van der Waals surface area contributed by atoms with Gasteiger partial charge in [-0.3, -0.25) is 0 Å². The zero-order valence-electron chi connectivity index (χ0n) is 5.62. The fraction of sp³-hybridized carbons (Fsp3) is 0.250. The van der Waals surface area contributed by atoms with Crippen LogP contribution < -0.4 is 0 Å². The van der Waals surface area contributed by atoms with Crippen LogP contribution >= 0.6 is 0 Å². The van der Waals surface area contributed by atoms with E-state index in [-0.39, 0.29) is 0 Å². The van der Waals surface area contributed by atoms with Gasteiger partial charge < -0.3 is 4.90 Å². The van der Waals surface area contributed by atoms with Gasteiger partial charge >= 0.3 is 0 Å². The summed E-state index contributed by atoms with van der Waals surface area (Å²) >= 11 is 0. The minimum absolute atomic E-state index is 0.384. The van der Waals surface area contributed by atoms with Gasteiger partial charge in [-0.15, -0.1) is 6.58 Å². The predicted molar refractivity (Wildman–Crippen MR) is 40.0 cm³/mol. The van der Waals surface area contributed by atoms with E-state index in [1.165, 1.54) is 0 Å². The number of allylic oxidation sites excluding steroid dienone is 2. The third-order valence-corrected chi connectivity index (χ3v) is 1.45. The summed E-state index contributed by atoms with van der Waals surface area (Å²) in [6, 6.07) is 0.384. The third kappa shape index (κ3) is 1.22. The maximum absolute atomic E-state index is 3.71. The van der Waals surface area contributed by atoms with Crippen molar-refractivity contribution in [2.45, 2.75) is 6.04 Å². The Morgan fingerprint density at radius 2 is 2.33 bits per heavy atom. The van der Waals surface area contributed by atoms with Crippen LogP contribution in [0.5, 0.6) is 0 Å². The van der Waals surface area contributed by atoms with E-state index in [0.717, 1.165) is 0 Å². The maximum Gasteiger partial charge on any atom is 0.0648 e. The Bertz CT molecular complexity index is 156. The molecular weight excluding hydrogens is 110 g/mol. The van der Waals surface area contributed by atoms with Gasteiger partial charge in [-0.05, 0) is 12.3 Å². The highest BCUT2D eigenvalue weighted by Crippen LogP contribution is 2.04. The lowest BCUT2D eigenvalue weighted by Crippen LogP contribution is -2.23. The molecule has 1 heterocycles. The lowest BCUT2D eigenvalue weighted by Gasteiger charge is -2.22. The zero-order valence-corrected chi connectivity index (χ0v) is 5.62. The third-order valence-electron chi connectivity index (χ3n) is 1.45. The Hall–Kier alpha value is -0.980. The highest BCUT2D eigenvalue weighted by atomic mass is 15.1. The molecule has 1 atom stereocenters. The van der Waals surface area contributed by atoms with Crippen molar-refractivity contribution in [3.63, 3.8) is 0 Å². The van der Waals surface area contributed by atoms with Gasteiger partial charge in [0.05, 0.1) is 6.04 Å². The molecule has 0 N–H and O–H groups in total. The van der Waals surface area contributed by atoms with Crippen molar-refractivity contribution in [2.75, 3.05) is 7.05 Å². The Labute approximate surface area is 56.0 Å². The molecule has 1 heteroatoms. The summed E-state index contributed by atoms with van der Waals surface area (Å²) in [7, 11) is 2.03. The molecule has 1 unspecified atom stereocenters. The maximum atomic E-state index is 3.71. The smallest absolute Gasteiger partial charge is 0.0648 e. The molecule has 0 amide bonds. The van der Waals surface area contributed by atoms with E-state index in [1.807, 2.05) is 31.5 Å². The van der Waals surface area contributed by atoms with Gasteiger partial charge in [0, 0.05) is 7.05 Å². The first-order valence-corrected chi connectivity index (χ1v) is 3.04. The van der Waals surface area contributed by atoms with Crippen molar-refractivity contribution >= 4 is 0 Å². The summed E-state index contributed by atoms with van der Waals surface area (Å²) in [6.45, 7) is 3.71. The Kier molecular flexibility index (Phi) is 1.73. The highest BCUT2D eigenvalue weighted by Gasteiger charge is 2.03. The first-order valence-electron chi connectivity index (χ1n) is 3.04. The van der Waals surface area contributed by atoms with Crippen LogP contribution in [-0.2, 0) is 0 Å². The fourth-order valence-corrected chi connectivity index (χ4v) is 0.843. The molecule has 0 radical (unpaired) electrons. The molecule has 0 aromatic rings. The number of likely N-dealkylation sites (N-methyl/N-ethyl adjacent to an activating group) is 1. The van der Waals surface area contributed by atoms with Crippen molar-refractivity contribution < 1.29 is 0 Å². The minimum atomic E-state index is 0.384. The van der Waals surface area contributed by atoms with Crippen molar-refractivity contribution in [3.8, 4) is 0 Å². The van der Waals surface area contributed by atoms with Gasteiger partial charge in [0.1, 0.15) is 0 Å². The van der Waals surface area contributed by atoms with Crippen LogP contribution in [-0.4, -0.2) is 18.0 Å². The zero-order chi connectivity index (χ0) is 6.69. The number of hydrogen-bond donors (Lipinski definition) is 0. The molecular formula is C8H11N. The number of nitrogens with zero attached hydrogens (tertiary/aromatic N) is 1. The summed E-state index contributed by atoms with van der Waals surface area (Å²) in [5.41, 5.74) is 0. The fourth-order valence-electron chi connectivity index (χ4n) is 0.843. The van der Waals surface area contributed by atoms with E-state index in [9.17, 15) is 0 Å². The summed E-state index contributed by atoms with van der Waals surface area (Å²) in [5.74, 6) is 0. The SMILES string of the molecule is C=CC1C=CC=CN1C. The van der Waals surface area contributed by atoms with Crippen molar-refractivity contribution in [1.29, 1.82) is 0 Å². The van der Waals surface area contributed by atoms with Crippen molar-refractivity contribution in [1.82, 2.24) is 4.90 Å². The lowest BCUT2D eigenvalue weighted by atomic mass is 10.2. The molecule has 1 aliphatic heterocycles. The minimum Gasteiger partial charge on any atom is -0.371 e. The molecule has 0 bridgehead atoms. The quantitative estimate of drug-likeness (QED) is 0.476. The Morgan fingerprint density at radius 3 is 2.78 bits per heavy atom. The van der Waals surface area contributed by atoms with Gasteiger partial charge in [0.25, 0.3) is 0 Å². The second-order valence-electron chi connectivity index (χ2n) is 2.12. The number of hydrogen-bond acceptors (Lipinski definition) is 1. The van der Waals surface area contributed by atoms with Crippen LogP contribution in [0.4, 0.5) is 0 Å². The first kappa shape index (κ1) is 6.14. The summed E-state index contributed by atoms with van der Waals surface area (Å²) < 4.78 is 0. The van der Waals surface area contributed by atoms with E-state index in [1.54, 1.807) is 0 Å².